The summed E-state index contributed by atoms with van der Waals surface area (Å²) in [5.74, 6) is -0.128. The number of rotatable bonds is 8. The lowest BCUT2D eigenvalue weighted by Gasteiger charge is -2.33. The zero-order chi connectivity index (χ0) is 25.9. The Labute approximate surface area is 229 Å². The Morgan fingerprint density at radius 2 is 1.79 bits per heavy atom. The summed E-state index contributed by atoms with van der Waals surface area (Å²) in [7, 11) is 0. The predicted molar refractivity (Wildman–Crippen MR) is 152 cm³/mol. The second-order valence-corrected chi connectivity index (χ2v) is 9.95. The highest BCUT2D eigenvalue weighted by molar-refractivity contribution is 5.89. The van der Waals surface area contributed by atoms with Gasteiger partial charge in [0.1, 0.15) is 11.6 Å². The fraction of sp³-hybridized carbons (Fsp3) is 0.281. The van der Waals surface area contributed by atoms with E-state index in [-0.39, 0.29) is 36.3 Å². The fourth-order valence-corrected chi connectivity index (χ4v) is 5.49. The van der Waals surface area contributed by atoms with Gasteiger partial charge in [0.2, 0.25) is 0 Å². The number of hydrogen-bond acceptors (Lipinski definition) is 3. The van der Waals surface area contributed by atoms with Gasteiger partial charge in [-0.2, -0.15) is 0 Å². The van der Waals surface area contributed by atoms with E-state index < -0.39 is 5.97 Å². The van der Waals surface area contributed by atoms with Crippen molar-refractivity contribution in [2.75, 3.05) is 6.54 Å². The average Bonchev–Trinajstić information content (AvgIpc) is 2.91. The van der Waals surface area contributed by atoms with Crippen LogP contribution in [0.15, 0.2) is 78.9 Å². The minimum absolute atomic E-state index is 0. The van der Waals surface area contributed by atoms with Gasteiger partial charge >= 0.3 is 5.97 Å². The monoisotopic (exact) mass is 533 g/mol. The molecular weight excluding hydrogens is 501 g/mol. The number of hydrogen-bond donors (Lipinski definition) is 2. The van der Waals surface area contributed by atoms with Gasteiger partial charge in [0.25, 0.3) is 0 Å². The number of aryl methyl sites for hydroxylation is 1. The molecule has 1 aliphatic rings. The highest BCUT2D eigenvalue weighted by Gasteiger charge is 2.29. The maximum Gasteiger partial charge on any atom is 0.335 e. The Hall–Kier alpha value is -3.41. The molecule has 1 aliphatic heterocycles. The lowest BCUT2D eigenvalue weighted by Crippen LogP contribution is -2.28. The van der Waals surface area contributed by atoms with Crippen molar-refractivity contribution in [3.63, 3.8) is 0 Å². The van der Waals surface area contributed by atoms with Gasteiger partial charge in [0, 0.05) is 22.9 Å². The SMILES string of the molecule is Cc1ccc([C@@H]2C[C@@H](CCCN[C@H](C)c3ccc(F)c4ccccc34)Oc3ccccc32)cc1C(=O)O.Cl. The van der Waals surface area contributed by atoms with Crippen molar-refractivity contribution >= 4 is 29.1 Å². The molecule has 4 nitrogen and oxygen atoms in total. The molecule has 6 heteroatoms. The molecule has 0 saturated carbocycles. The first-order chi connectivity index (χ1) is 17.9. The number of halogens is 2. The lowest BCUT2D eigenvalue weighted by atomic mass is 9.82. The zero-order valence-electron chi connectivity index (χ0n) is 21.6. The molecule has 0 radical (unpaired) electrons. The third kappa shape index (κ3) is 5.69. The van der Waals surface area contributed by atoms with Crippen molar-refractivity contribution in [3.05, 3.63) is 112 Å². The van der Waals surface area contributed by atoms with E-state index >= 15 is 0 Å². The van der Waals surface area contributed by atoms with E-state index in [1.54, 1.807) is 6.07 Å². The zero-order valence-corrected chi connectivity index (χ0v) is 22.4. The van der Waals surface area contributed by atoms with Crippen LogP contribution in [0.25, 0.3) is 10.8 Å². The van der Waals surface area contributed by atoms with Crippen LogP contribution in [0.5, 0.6) is 5.75 Å². The molecule has 0 aliphatic carbocycles. The maximum atomic E-state index is 14.2. The number of carboxylic acids is 1. The third-order valence-electron chi connectivity index (χ3n) is 7.51. The molecule has 0 amide bonds. The quantitative estimate of drug-likeness (QED) is 0.227. The van der Waals surface area contributed by atoms with E-state index in [1.807, 2.05) is 73.7 Å². The van der Waals surface area contributed by atoms with E-state index in [2.05, 4.69) is 18.3 Å². The van der Waals surface area contributed by atoms with E-state index in [0.29, 0.717) is 10.9 Å². The van der Waals surface area contributed by atoms with Crippen molar-refractivity contribution in [2.24, 2.45) is 0 Å². The first-order valence-corrected chi connectivity index (χ1v) is 12.9. The maximum absolute atomic E-state index is 14.2. The number of aromatic carboxylic acids is 1. The summed E-state index contributed by atoms with van der Waals surface area (Å²) in [5, 5.41) is 14.8. The Kier molecular flexibility index (Phi) is 8.70. The number of carboxylic acid groups (broad SMARTS) is 1. The van der Waals surface area contributed by atoms with Crippen molar-refractivity contribution in [1.82, 2.24) is 5.32 Å². The van der Waals surface area contributed by atoms with Crippen molar-refractivity contribution in [3.8, 4) is 5.75 Å². The molecule has 2 N–H and O–H groups in total. The first-order valence-electron chi connectivity index (χ1n) is 12.9. The Morgan fingerprint density at radius 1 is 1.05 bits per heavy atom. The van der Waals surface area contributed by atoms with Crippen LogP contribution < -0.4 is 10.1 Å². The Balaban J connectivity index is 0.00000336. The van der Waals surface area contributed by atoms with Gasteiger partial charge in [-0.1, -0.05) is 60.7 Å². The smallest absolute Gasteiger partial charge is 0.335 e. The second-order valence-electron chi connectivity index (χ2n) is 9.95. The molecule has 38 heavy (non-hydrogen) atoms. The normalized spacial score (nSPS) is 17.2. The molecular formula is C32H33ClFNO3. The molecule has 0 fully saturated rings. The molecule has 0 spiro atoms. The fourth-order valence-electron chi connectivity index (χ4n) is 5.49. The number of fused-ring (bicyclic) bond motifs is 2. The van der Waals surface area contributed by atoms with Crippen LogP contribution in [0.1, 0.15) is 70.8 Å². The van der Waals surface area contributed by atoms with Crippen molar-refractivity contribution in [2.45, 2.75) is 51.2 Å². The third-order valence-corrected chi connectivity index (χ3v) is 7.51. The molecule has 0 saturated heterocycles. The number of ether oxygens (including phenoxy) is 1. The minimum atomic E-state index is -0.898. The van der Waals surface area contributed by atoms with Crippen LogP contribution in [0.4, 0.5) is 4.39 Å². The summed E-state index contributed by atoms with van der Waals surface area (Å²) in [6.45, 7) is 4.75. The van der Waals surface area contributed by atoms with Crippen LogP contribution in [-0.4, -0.2) is 23.7 Å². The molecule has 0 unspecified atom stereocenters. The van der Waals surface area contributed by atoms with Crippen LogP contribution in [0.2, 0.25) is 0 Å². The minimum Gasteiger partial charge on any atom is -0.490 e. The number of nitrogens with one attached hydrogen (secondary N) is 1. The van der Waals surface area contributed by atoms with Crippen molar-refractivity contribution in [1.29, 1.82) is 0 Å². The predicted octanol–water partition coefficient (Wildman–Crippen LogP) is 7.82. The number of para-hydroxylation sites is 1. The van der Waals surface area contributed by atoms with Gasteiger partial charge in [-0.3, -0.25) is 0 Å². The summed E-state index contributed by atoms with van der Waals surface area (Å²) in [6, 6.07) is 24.9. The van der Waals surface area contributed by atoms with Crippen LogP contribution in [0.3, 0.4) is 0 Å². The summed E-state index contributed by atoms with van der Waals surface area (Å²) < 4.78 is 20.6. The standard InChI is InChI=1S/C32H32FNO3.ClH/c1-20-13-14-22(18-28(20)32(35)36)29-19-23(37-31-12-6-5-11-27(29)31)8-7-17-34-21(2)24-15-16-30(33)26-10-4-3-9-25(24)26;/h3-6,9-16,18,21,23,29,34H,7-8,17,19H2,1-2H3,(H,35,36);1H/t21-,23-,29+;/m1./s1. The topological polar surface area (TPSA) is 58.6 Å². The Morgan fingerprint density at radius 3 is 2.58 bits per heavy atom. The largest absolute Gasteiger partial charge is 0.490 e. The molecule has 3 atom stereocenters. The highest BCUT2D eigenvalue weighted by Crippen LogP contribution is 2.41. The molecule has 4 aromatic carbocycles. The first kappa shape index (κ1) is 27.6. The number of carbonyl (C=O) groups is 1. The Bertz CT molecular complexity index is 1440. The van der Waals surface area contributed by atoms with Crippen LogP contribution in [-0.2, 0) is 0 Å². The second kappa shape index (κ2) is 12.0. The molecule has 4 aromatic rings. The summed E-state index contributed by atoms with van der Waals surface area (Å²) >= 11 is 0. The molecule has 0 bridgehead atoms. The van der Waals surface area contributed by atoms with E-state index in [9.17, 15) is 14.3 Å². The summed E-state index contributed by atoms with van der Waals surface area (Å²) in [6.07, 6.45) is 2.65. The molecule has 198 valence electrons. The van der Waals surface area contributed by atoms with Gasteiger partial charge in [-0.15, -0.1) is 12.4 Å². The van der Waals surface area contributed by atoms with E-state index in [4.69, 9.17) is 4.74 Å². The molecule has 0 aromatic heterocycles. The van der Waals surface area contributed by atoms with Gasteiger partial charge in [-0.25, -0.2) is 9.18 Å². The van der Waals surface area contributed by atoms with Crippen LogP contribution in [0, 0.1) is 12.7 Å². The van der Waals surface area contributed by atoms with Gasteiger partial charge in [0.05, 0.1) is 11.7 Å². The molecule has 1 heterocycles. The van der Waals surface area contributed by atoms with Gasteiger partial charge in [0.15, 0.2) is 0 Å². The highest BCUT2D eigenvalue weighted by atomic mass is 35.5. The van der Waals surface area contributed by atoms with Crippen LogP contribution >= 0.6 is 12.4 Å². The van der Waals surface area contributed by atoms with Crippen molar-refractivity contribution < 1.29 is 19.0 Å². The summed E-state index contributed by atoms with van der Waals surface area (Å²) in [5.41, 5.74) is 4.33. The van der Waals surface area contributed by atoms with Gasteiger partial charge in [-0.05, 0) is 79.9 Å². The van der Waals surface area contributed by atoms with E-state index in [0.717, 1.165) is 59.2 Å². The summed E-state index contributed by atoms with van der Waals surface area (Å²) in [4.78, 5) is 11.7. The average molecular weight is 534 g/mol. The van der Waals surface area contributed by atoms with E-state index in [1.165, 1.54) is 0 Å². The molecule has 5 rings (SSSR count). The lowest BCUT2D eigenvalue weighted by molar-refractivity contribution is 0.0696. The van der Waals surface area contributed by atoms with Gasteiger partial charge < -0.3 is 15.2 Å². The number of benzene rings is 4.